The molecule has 3 atom stereocenters. The fourth-order valence-electron chi connectivity index (χ4n) is 5.03. The van der Waals surface area contributed by atoms with Gasteiger partial charge >= 0.3 is 6.03 Å². The zero-order valence-electron chi connectivity index (χ0n) is 16.3. The number of nitrogens with zero attached hydrogens (tertiary/aromatic N) is 3. The lowest BCUT2D eigenvalue weighted by molar-refractivity contribution is -0.0741. The van der Waals surface area contributed by atoms with Crippen LogP contribution in [-0.4, -0.2) is 40.3 Å². The molecule has 6 heteroatoms. The summed E-state index contributed by atoms with van der Waals surface area (Å²) in [6.07, 6.45) is 11.0. The molecular formula is C23H25FN4O. The molecule has 0 radical (unpaired) electrons. The van der Waals surface area contributed by atoms with Crippen LogP contribution in [0.3, 0.4) is 0 Å². The number of pyridine rings is 1. The second kappa shape index (κ2) is 7.59. The second-order valence-corrected chi connectivity index (χ2v) is 8.20. The number of aromatic nitrogens is 1. The number of hydrazine groups is 1. The summed E-state index contributed by atoms with van der Waals surface area (Å²) in [5.74, 6) is 0.904. The number of hydrogen-bond acceptors (Lipinski definition) is 3. The predicted molar refractivity (Wildman–Crippen MR) is 110 cm³/mol. The average Bonchev–Trinajstić information content (AvgIpc) is 3.12. The van der Waals surface area contributed by atoms with Gasteiger partial charge in [0.05, 0.1) is 18.4 Å². The van der Waals surface area contributed by atoms with E-state index in [0.717, 1.165) is 23.4 Å². The van der Waals surface area contributed by atoms with Crippen LogP contribution in [0.25, 0.3) is 17.2 Å². The number of amides is 2. The summed E-state index contributed by atoms with van der Waals surface area (Å²) in [5, 5.41) is 7.03. The monoisotopic (exact) mass is 392 g/mol. The van der Waals surface area contributed by atoms with E-state index >= 15 is 0 Å². The highest BCUT2D eigenvalue weighted by atomic mass is 19.1. The van der Waals surface area contributed by atoms with Crippen molar-refractivity contribution in [3.05, 3.63) is 60.2 Å². The van der Waals surface area contributed by atoms with Crippen molar-refractivity contribution < 1.29 is 9.18 Å². The van der Waals surface area contributed by atoms with E-state index in [1.807, 2.05) is 23.2 Å². The zero-order chi connectivity index (χ0) is 19.8. The Morgan fingerprint density at radius 3 is 2.86 bits per heavy atom. The Morgan fingerprint density at radius 1 is 1.14 bits per heavy atom. The van der Waals surface area contributed by atoms with Gasteiger partial charge in [-0.05, 0) is 54.5 Å². The first-order valence-electron chi connectivity index (χ1n) is 10.4. The third-order valence-corrected chi connectivity index (χ3v) is 6.50. The van der Waals surface area contributed by atoms with Crippen molar-refractivity contribution in [1.82, 2.24) is 20.3 Å². The van der Waals surface area contributed by atoms with E-state index in [9.17, 15) is 9.18 Å². The highest BCUT2D eigenvalue weighted by molar-refractivity contribution is 5.75. The molecule has 1 aromatic heterocycles. The standard InChI is InChI=1S/C23H25FN4O/c24-19-6-3-5-16(12-19)17-8-9-20(25-13-17)10-11-22-21-7-2-1-4-18(21)14-27-23(29)26-15-28(22)27/h3,5-6,8-13,18,21-22H,1-2,4,7,14-15H2,(H,26,29)/b11-10+. The van der Waals surface area contributed by atoms with Gasteiger partial charge in [0.2, 0.25) is 0 Å². The minimum Gasteiger partial charge on any atom is -0.322 e. The summed E-state index contributed by atoms with van der Waals surface area (Å²) in [6, 6.07) is 10.7. The van der Waals surface area contributed by atoms with E-state index in [0.29, 0.717) is 18.5 Å². The molecule has 2 amide bonds. The summed E-state index contributed by atoms with van der Waals surface area (Å²) in [7, 11) is 0. The van der Waals surface area contributed by atoms with Gasteiger partial charge < -0.3 is 5.32 Å². The van der Waals surface area contributed by atoms with E-state index in [1.54, 1.807) is 12.3 Å². The Balaban J connectivity index is 1.37. The van der Waals surface area contributed by atoms with Gasteiger partial charge in [0.15, 0.2) is 0 Å². The van der Waals surface area contributed by atoms with Crippen LogP contribution in [0, 0.1) is 17.7 Å². The molecule has 3 aliphatic rings. The lowest BCUT2D eigenvalue weighted by Gasteiger charge is -2.48. The molecule has 1 N–H and O–H groups in total. The highest BCUT2D eigenvalue weighted by Gasteiger charge is 2.46. The van der Waals surface area contributed by atoms with Crippen molar-refractivity contribution in [3.8, 4) is 11.1 Å². The van der Waals surface area contributed by atoms with Gasteiger partial charge in [0.1, 0.15) is 5.82 Å². The maximum absolute atomic E-state index is 13.5. The molecule has 1 saturated carbocycles. The SMILES string of the molecule is O=C1NCN2C(/C=C/c3ccc(-c4cccc(F)c4)cn3)C3CCCCC3CN12. The number of urea groups is 1. The molecule has 1 aliphatic carbocycles. The smallest absolute Gasteiger partial charge is 0.322 e. The van der Waals surface area contributed by atoms with Gasteiger partial charge in [-0.2, -0.15) is 5.01 Å². The first-order valence-corrected chi connectivity index (χ1v) is 10.4. The fraction of sp³-hybridized carbons (Fsp3) is 0.391. The Morgan fingerprint density at radius 2 is 2.03 bits per heavy atom. The molecule has 2 saturated heterocycles. The van der Waals surface area contributed by atoms with Crippen LogP contribution < -0.4 is 5.32 Å². The first kappa shape index (κ1) is 18.3. The van der Waals surface area contributed by atoms with Crippen molar-refractivity contribution >= 4 is 12.1 Å². The minimum atomic E-state index is -0.246. The number of fused-ring (bicyclic) bond motifs is 2. The van der Waals surface area contributed by atoms with Gasteiger partial charge in [-0.25, -0.2) is 9.18 Å². The van der Waals surface area contributed by atoms with E-state index < -0.39 is 0 Å². The maximum Gasteiger partial charge on any atom is 0.333 e. The van der Waals surface area contributed by atoms with Crippen molar-refractivity contribution in [1.29, 1.82) is 0 Å². The van der Waals surface area contributed by atoms with Crippen molar-refractivity contribution in [2.45, 2.75) is 31.7 Å². The van der Waals surface area contributed by atoms with E-state index in [2.05, 4.69) is 27.5 Å². The molecular weight excluding hydrogens is 367 g/mol. The molecule has 150 valence electrons. The molecule has 29 heavy (non-hydrogen) atoms. The number of nitrogens with one attached hydrogen (secondary N) is 1. The summed E-state index contributed by atoms with van der Waals surface area (Å²) >= 11 is 0. The molecule has 3 fully saturated rings. The molecule has 5 nitrogen and oxygen atoms in total. The molecule has 1 aromatic carbocycles. The van der Waals surface area contributed by atoms with Crippen molar-refractivity contribution in [2.75, 3.05) is 13.2 Å². The molecule has 0 spiro atoms. The Labute approximate surface area is 170 Å². The van der Waals surface area contributed by atoms with Gasteiger partial charge in [-0.15, -0.1) is 0 Å². The number of benzene rings is 1. The molecule has 3 unspecified atom stereocenters. The third kappa shape index (κ3) is 3.53. The summed E-state index contributed by atoms with van der Waals surface area (Å²) in [6.45, 7) is 1.41. The Kier molecular flexibility index (Phi) is 4.79. The minimum absolute atomic E-state index is 0.0185. The first-order chi connectivity index (χ1) is 14.2. The quantitative estimate of drug-likeness (QED) is 0.848. The molecule has 5 rings (SSSR count). The van der Waals surface area contributed by atoms with Crippen LogP contribution >= 0.6 is 0 Å². The molecule has 2 aromatic rings. The number of rotatable bonds is 3. The lowest BCUT2D eigenvalue weighted by atomic mass is 9.73. The molecule has 2 aliphatic heterocycles. The second-order valence-electron chi connectivity index (χ2n) is 8.20. The van der Waals surface area contributed by atoms with Gasteiger partial charge in [-0.3, -0.25) is 9.99 Å². The highest BCUT2D eigenvalue weighted by Crippen LogP contribution is 2.40. The average molecular weight is 392 g/mol. The van der Waals surface area contributed by atoms with Crippen LogP contribution in [0.4, 0.5) is 9.18 Å². The van der Waals surface area contributed by atoms with Crippen LogP contribution in [-0.2, 0) is 0 Å². The van der Waals surface area contributed by atoms with E-state index in [-0.39, 0.29) is 17.9 Å². The lowest BCUT2D eigenvalue weighted by Crippen LogP contribution is -2.57. The predicted octanol–water partition coefficient (Wildman–Crippen LogP) is 4.29. The normalized spacial score (nSPS) is 27.0. The van der Waals surface area contributed by atoms with Gasteiger partial charge in [-0.1, -0.05) is 37.1 Å². The Bertz CT molecular complexity index is 929. The largest absolute Gasteiger partial charge is 0.333 e. The third-order valence-electron chi connectivity index (χ3n) is 6.50. The summed E-state index contributed by atoms with van der Waals surface area (Å²) in [5.41, 5.74) is 2.59. The number of halogens is 1. The summed E-state index contributed by atoms with van der Waals surface area (Å²) < 4.78 is 13.5. The van der Waals surface area contributed by atoms with E-state index in [1.165, 1.54) is 37.8 Å². The number of carbonyl (C=O) groups excluding carboxylic acids is 1. The summed E-state index contributed by atoms with van der Waals surface area (Å²) in [4.78, 5) is 16.8. The van der Waals surface area contributed by atoms with Gasteiger partial charge in [0.25, 0.3) is 0 Å². The zero-order valence-corrected chi connectivity index (χ0v) is 16.3. The molecule has 3 heterocycles. The number of carbonyl (C=O) groups is 1. The number of hydrogen-bond donors (Lipinski definition) is 1. The van der Waals surface area contributed by atoms with Gasteiger partial charge in [0, 0.05) is 18.3 Å². The van der Waals surface area contributed by atoms with Crippen molar-refractivity contribution in [3.63, 3.8) is 0 Å². The van der Waals surface area contributed by atoms with Crippen LogP contribution in [0.5, 0.6) is 0 Å². The topological polar surface area (TPSA) is 48.5 Å². The Hall–Kier alpha value is -2.73. The molecule has 0 bridgehead atoms. The van der Waals surface area contributed by atoms with E-state index in [4.69, 9.17) is 0 Å². The maximum atomic E-state index is 13.5. The van der Waals surface area contributed by atoms with Crippen LogP contribution in [0.15, 0.2) is 48.7 Å². The van der Waals surface area contributed by atoms with Crippen molar-refractivity contribution in [2.24, 2.45) is 11.8 Å². The van der Waals surface area contributed by atoms with Crippen LogP contribution in [0.2, 0.25) is 0 Å². The van der Waals surface area contributed by atoms with Crippen LogP contribution in [0.1, 0.15) is 31.4 Å². The fourth-order valence-corrected chi connectivity index (χ4v) is 5.03.